The van der Waals surface area contributed by atoms with E-state index in [1.165, 1.54) is 0 Å². The average Bonchev–Trinajstić information content (AvgIpc) is 2.69. The second-order valence-electron chi connectivity index (χ2n) is 7.80. The van der Waals surface area contributed by atoms with E-state index in [1.807, 2.05) is 0 Å². The average molecular weight is 468 g/mol. The minimum atomic E-state index is -5.98. The molecule has 3 rings (SSSR count). The van der Waals surface area contributed by atoms with Crippen molar-refractivity contribution < 1.29 is 45.0 Å². The minimum Gasteiger partial charge on any atom is -0.393 e. The van der Waals surface area contributed by atoms with Crippen molar-refractivity contribution in [2.24, 2.45) is 0 Å². The predicted molar refractivity (Wildman–Crippen MR) is 98.6 cm³/mol. The van der Waals surface area contributed by atoms with Crippen LogP contribution in [0, 0.1) is 11.6 Å². The molecular formula is C22H20F8O2. The van der Waals surface area contributed by atoms with Gasteiger partial charge in [-0.2, -0.15) is 26.3 Å². The van der Waals surface area contributed by atoms with Gasteiger partial charge in [-0.3, -0.25) is 0 Å². The standard InChI is InChI=1S/C22H20F8O2/c23-18-5-2-6-19(24)17(18)12-32-20(21(25,26)27,22(28,29)30)15-9-7-13(8-10-15)14-3-1-4-16(31)11-14/h2,5-10,14,16,31H,1,3-4,11-12H2/t14?,16-/m0/s1. The molecule has 2 aromatic rings. The summed E-state index contributed by atoms with van der Waals surface area (Å²) in [5, 5.41) is 9.78. The highest BCUT2D eigenvalue weighted by molar-refractivity contribution is 5.33. The number of hydrogen-bond acceptors (Lipinski definition) is 2. The van der Waals surface area contributed by atoms with Crippen LogP contribution in [0.2, 0.25) is 0 Å². The zero-order valence-corrected chi connectivity index (χ0v) is 16.6. The number of halogens is 8. The summed E-state index contributed by atoms with van der Waals surface area (Å²) in [5.74, 6) is -2.85. The normalized spacial score (nSPS) is 20.4. The van der Waals surface area contributed by atoms with E-state index in [9.17, 15) is 40.2 Å². The Kier molecular flexibility index (Phi) is 6.86. The van der Waals surface area contributed by atoms with Crippen LogP contribution in [-0.2, 0) is 16.9 Å². The lowest BCUT2D eigenvalue weighted by Gasteiger charge is -2.37. The maximum Gasteiger partial charge on any atom is 0.430 e. The van der Waals surface area contributed by atoms with Gasteiger partial charge in [0.25, 0.3) is 5.60 Å². The Morgan fingerprint density at radius 3 is 1.91 bits per heavy atom. The van der Waals surface area contributed by atoms with E-state index in [0.717, 1.165) is 18.2 Å². The van der Waals surface area contributed by atoms with Crippen molar-refractivity contribution in [2.45, 2.75) is 62.3 Å². The number of rotatable bonds is 5. The molecule has 0 aliphatic heterocycles. The molecular weight excluding hydrogens is 448 g/mol. The van der Waals surface area contributed by atoms with Gasteiger partial charge >= 0.3 is 12.4 Å². The summed E-state index contributed by atoms with van der Waals surface area (Å²) in [5.41, 5.74) is -6.60. The fourth-order valence-corrected chi connectivity index (χ4v) is 4.04. The molecule has 176 valence electrons. The third-order valence-electron chi connectivity index (χ3n) is 5.73. The molecule has 1 fully saturated rings. The van der Waals surface area contributed by atoms with E-state index < -0.39 is 53.4 Å². The monoisotopic (exact) mass is 468 g/mol. The van der Waals surface area contributed by atoms with Crippen molar-refractivity contribution in [1.82, 2.24) is 0 Å². The Morgan fingerprint density at radius 1 is 0.844 bits per heavy atom. The molecule has 2 aromatic carbocycles. The maximum absolute atomic E-state index is 13.9. The zero-order chi connectivity index (χ0) is 23.7. The SMILES string of the molecule is O[C@H]1CCCC(c2ccc(C(OCc3c(F)cccc3F)(C(F)(F)F)C(F)(F)F)cc2)C1. The van der Waals surface area contributed by atoms with Crippen LogP contribution in [0.15, 0.2) is 42.5 Å². The largest absolute Gasteiger partial charge is 0.430 e. The van der Waals surface area contributed by atoms with Gasteiger partial charge in [0.1, 0.15) is 11.6 Å². The molecule has 1 aliphatic carbocycles. The Labute approximate surface area is 178 Å². The van der Waals surface area contributed by atoms with Gasteiger partial charge in [-0.05, 0) is 42.9 Å². The van der Waals surface area contributed by atoms with Crippen LogP contribution < -0.4 is 0 Å². The number of ether oxygens (including phenoxy) is 1. The van der Waals surface area contributed by atoms with Crippen LogP contribution in [0.4, 0.5) is 35.1 Å². The van der Waals surface area contributed by atoms with Crippen molar-refractivity contribution in [2.75, 3.05) is 0 Å². The molecule has 0 saturated heterocycles. The summed E-state index contributed by atoms with van der Waals surface area (Å²) in [6, 6.07) is 5.94. The highest BCUT2D eigenvalue weighted by Crippen LogP contribution is 2.53. The second kappa shape index (κ2) is 8.97. The first kappa shape index (κ1) is 24.4. The molecule has 2 atom stereocenters. The summed E-state index contributed by atoms with van der Waals surface area (Å²) >= 11 is 0. The Balaban J connectivity index is 2.01. The Bertz CT molecular complexity index is 887. The van der Waals surface area contributed by atoms with Crippen LogP contribution >= 0.6 is 0 Å². The number of alkyl halides is 6. The molecule has 0 radical (unpaired) electrons. The minimum absolute atomic E-state index is 0.201. The van der Waals surface area contributed by atoms with E-state index in [0.29, 0.717) is 55.5 Å². The maximum atomic E-state index is 13.9. The molecule has 0 heterocycles. The van der Waals surface area contributed by atoms with E-state index in [2.05, 4.69) is 4.74 Å². The summed E-state index contributed by atoms with van der Waals surface area (Å²) < 4.78 is 115. The van der Waals surface area contributed by atoms with Gasteiger partial charge in [-0.25, -0.2) is 8.78 Å². The van der Waals surface area contributed by atoms with Crippen molar-refractivity contribution >= 4 is 0 Å². The lowest BCUT2D eigenvalue weighted by atomic mass is 9.81. The van der Waals surface area contributed by atoms with E-state index in [1.54, 1.807) is 0 Å². The third-order valence-corrected chi connectivity index (χ3v) is 5.73. The highest BCUT2D eigenvalue weighted by Gasteiger charge is 2.73. The van der Waals surface area contributed by atoms with Gasteiger partial charge in [0, 0.05) is 11.1 Å². The summed E-state index contributed by atoms with van der Waals surface area (Å²) in [6.07, 6.45) is -10.3. The molecule has 10 heteroatoms. The van der Waals surface area contributed by atoms with Crippen LogP contribution in [0.5, 0.6) is 0 Å². The number of benzene rings is 2. The molecule has 2 nitrogen and oxygen atoms in total. The van der Waals surface area contributed by atoms with Crippen LogP contribution in [0.25, 0.3) is 0 Å². The van der Waals surface area contributed by atoms with Gasteiger partial charge in [-0.1, -0.05) is 36.8 Å². The molecule has 0 aromatic heterocycles. The van der Waals surface area contributed by atoms with Gasteiger partial charge in [0.2, 0.25) is 0 Å². The first-order valence-corrected chi connectivity index (χ1v) is 9.85. The lowest BCUT2D eigenvalue weighted by Crippen LogP contribution is -2.55. The summed E-state index contributed by atoms with van der Waals surface area (Å²) in [6.45, 7) is -1.59. The highest BCUT2D eigenvalue weighted by atomic mass is 19.4. The molecule has 0 spiro atoms. The fourth-order valence-electron chi connectivity index (χ4n) is 4.04. The first-order chi connectivity index (χ1) is 14.9. The molecule has 0 bridgehead atoms. The van der Waals surface area contributed by atoms with Crippen molar-refractivity contribution in [1.29, 1.82) is 0 Å². The van der Waals surface area contributed by atoms with Crippen LogP contribution in [0.1, 0.15) is 48.3 Å². The molecule has 1 unspecified atom stereocenters. The van der Waals surface area contributed by atoms with Gasteiger partial charge in [-0.15, -0.1) is 0 Å². The molecule has 32 heavy (non-hydrogen) atoms. The van der Waals surface area contributed by atoms with Crippen LogP contribution in [-0.4, -0.2) is 23.6 Å². The number of aliphatic hydroxyl groups excluding tert-OH is 1. The van der Waals surface area contributed by atoms with E-state index in [4.69, 9.17) is 0 Å². The second-order valence-corrected chi connectivity index (χ2v) is 7.80. The fraction of sp³-hybridized carbons (Fsp3) is 0.455. The quantitative estimate of drug-likeness (QED) is 0.507. The lowest BCUT2D eigenvalue weighted by molar-refractivity contribution is -0.392. The van der Waals surface area contributed by atoms with Gasteiger partial charge in [0.05, 0.1) is 12.7 Å². The zero-order valence-electron chi connectivity index (χ0n) is 16.6. The van der Waals surface area contributed by atoms with Gasteiger partial charge < -0.3 is 9.84 Å². The van der Waals surface area contributed by atoms with Crippen molar-refractivity contribution in [3.63, 3.8) is 0 Å². The molecule has 1 saturated carbocycles. The Morgan fingerprint density at radius 2 is 1.41 bits per heavy atom. The van der Waals surface area contributed by atoms with Crippen LogP contribution in [0.3, 0.4) is 0 Å². The third kappa shape index (κ3) is 4.61. The molecule has 0 amide bonds. The Hall–Kier alpha value is -2.20. The van der Waals surface area contributed by atoms with E-state index >= 15 is 0 Å². The van der Waals surface area contributed by atoms with Crippen molar-refractivity contribution in [3.05, 3.63) is 70.8 Å². The summed E-state index contributed by atoms with van der Waals surface area (Å²) in [4.78, 5) is 0. The predicted octanol–water partition coefficient (Wildman–Crippen LogP) is 6.52. The number of aliphatic hydroxyl groups is 1. The number of hydrogen-bond donors (Lipinski definition) is 1. The molecule has 1 N–H and O–H groups in total. The molecule has 1 aliphatic rings. The smallest absolute Gasteiger partial charge is 0.393 e. The topological polar surface area (TPSA) is 29.5 Å². The van der Waals surface area contributed by atoms with Gasteiger partial charge in [0.15, 0.2) is 0 Å². The first-order valence-electron chi connectivity index (χ1n) is 9.85. The summed E-state index contributed by atoms with van der Waals surface area (Å²) in [7, 11) is 0. The van der Waals surface area contributed by atoms with E-state index in [-0.39, 0.29) is 5.92 Å². The van der Waals surface area contributed by atoms with Crippen molar-refractivity contribution in [3.8, 4) is 0 Å².